The van der Waals surface area contributed by atoms with Gasteiger partial charge in [0.25, 0.3) is 0 Å². The second kappa shape index (κ2) is 9.87. The van der Waals surface area contributed by atoms with Crippen LogP contribution in [0.2, 0.25) is 0 Å². The number of benzene rings is 3. The third-order valence-corrected chi connectivity index (χ3v) is 7.77. The van der Waals surface area contributed by atoms with Crippen molar-refractivity contribution in [2.24, 2.45) is 0 Å². The molecule has 4 aromatic rings. The molecule has 0 unspecified atom stereocenters. The highest BCUT2D eigenvalue weighted by molar-refractivity contribution is 6.03. The molecule has 6 rings (SSSR count). The van der Waals surface area contributed by atoms with Gasteiger partial charge < -0.3 is 19.4 Å². The van der Waals surface area contributed by atoms with Gasteiger partial charge in [0.15, 0.2) is 0 Å². The van der Waals surface area contributed by atoms with E-state index in [0.717, 1.165) is 77.2 Å². The van der Waals surface area contributed by atoms with Gasteiger partial charge >= 0.3 is 0 Å². The van der Waals surface area contributed by atoms with Gasteiger partial charge in [-0.3, -0.25) is 9.78 Å². The maximum atomic E-state index is 13.7. The van der Waals surface area contributed by atoms with E-state index in [4.69, 9.17) is 4.74 Å². The number of hydrogen-bond acceptors (Lipinski definition) is 5. The van der Waals surface area contributed by atoms with Crippen LogP contribution in [-0.4, -0.2) is 62.7 Å². The summed E-state index contributed by atoms with van der Waals surface area (Å²) in [6.45, 7) is 4.65. The van der Waals surface area contributed by atoms with Crippen molar-refractivity contribution < 1.29 is 9.53 Å². The summed E-state index contributed by atoms with van der Waals surface area (Å²) < 4.78 is 5.78. The molecule has 0 saturated carbocycles. The van der Waals surface area contributed by atoms with Crippen LogP contribution in [-0.2, 0) is 17.6 Å². The van der Waals surface area contributed by atoms with Crippen LogP contribution in [0.3, 0.4) is 0 Å². The van der Waals surface area contributed by atoms with Gasteiger partial charge in [0.05, 0.1) is 19.2 Å². The lowest BCUT2D eigenvalue weighted by molar-refractivity contribution is -0.117. The van der Waals surface area contributed by atoms with Gasteiger partial charge in [-0.1, -0.05) is 36.4 Å². The first-order valence-corrected chi connectivity index (χ1v) is 13.0. The molecule has 37 heavy (non-hydrogen) atoms. The summed E-state index contributed by atoms with van der Waals surface area (Å²) in [7, 11) is 3.89. The van der Waals surface area contributed by atoms with Crippen LogP contribution in [0.4, 0.5) is 11.4 Å². The molecule has 2 aliphatic heterocycles. The molecule has 188 valence electrons. The fraction of sp³-hybridized carbons (Fsp3) is 0.290. The minimum atomic E-state index is 0.134. The molecule has 3 aromatic carbocycles. The number of rotatable bonds is 5. The van der Waals surface area contributed by atoms with Crippen molar-refractivity contribution in [2.75, 3.05) is 56.7 Å². The van der Waals surface area contributed by atoms with Crippen LogP contribution in [0.5, 0.6) is 5.75 Å². The van der Waals surface area contributed by atoms with Gasteiger partial charge in [-0.15, -0.1) is 0 Å². The SMILES string of the molecule is COc1cc2c(cc1N1CCN(C)CC1)N(C(=O)Cc1ccc(-c3ccncc3)c3ccccc13)CC2. The minimum Gasteiger partial charge on any atom is -0.495 e. The second-order valence-electron chi connectivity index (χ2n) is 9.97. The first-order chi connectivity index (χ1) is 18.1. The number of aromatic nitrogens is 1. The summed E-state index contributed by atoms with van der Waals surface area (Å²) in [5, 5.41) is 2.28. The number of methoxy groups -OCH3 is 1. The number of carbonyl (C=O) groups is 1. The Hall–Kier alpha value is -3.90. The van der Waals surface area contributed by atoms with Crippen molar-refractivity contribution >= 4 is 28.1 Å². The Kier molecular flexibility index (Phi) is 6.26. The summed E-state index contributed by atoms with van der Waals surface area (Å²) in [4.78, 5) is 24.6. The molecule has 2 aliphatic rings. The van der Waals surface area contributed by atoms with Gasteiger partial charge in [-0.2, -0.15) is 0 Å². The molecule has 0 radical (unpaired) electrons. The van der Waals surface area contributed by atoms with E-state index in [1.807, 2.05) is 35.5 Å². The number of amides is 1. The van der Waals surface area contributed by atoms with E-state index in [2.05, 4.69) is 64.3 Å². The molecule has 0 N–H and O–H groups in total. The zero-order valence-electron chi connectivity index (χ0n) is 21.5. The Morgan fingerprint density at radius 2 is 1.65 bits per heavy atom. The Bertz CT molecular complexity index is 1440. The molecule has 6 nitrogen and oxygen atoms in total. The Balaban J connectivity index is 1.31. The maximum Gasteiger partial charge on any atom is 0.231 e. The van der Waals surface area contributed by atoms with Crippen molar-refractivity contribution in [3.05, 3.63) is 84.2 Å². The minimum absolute atomic E-state index is 0.134. The summed E-state index contributed by atoms with van der Waals surface area (Å²) in [6, 6.07) is 21.0. The third kappa shape index (κ3) is 4.42. The van der Waals surface area contributed by atoms with E-state index < -0.39 is 0 Å². The number of piperazine rings is 1. The van der Waals surface area contributed by atoms with Crippen molar-refractivity contribution in [3.8, 4) is 16.9 Å². The molecule has 6 heteroatoms. The van der Waals surface area contributed by atoms with Crippen LogP contribution in [0.25, 0.3) is 21.9 Å². The topological polar surface area (TPSA) is 48.9 Å². The third-order valence-electron chi connectivity index (χ3n) is 7.77. The van der Waals surface area contributed by atoms with E-state index in [9.17, 15) is 4.79 Å². The Morgan fingerprint density at radius 1 is 0.892 bits per heavy atom. The lowest BCUT2D eigenvalue weighted by Gasteiger charge is -2.35. The van der Waals surface area contributed by atoms with Gasteiger partial charge in [0.1, 0.15) is 5.75 Å². The number of carbonyl (C=O) groups excluding carboxylic acids is 1. The van der Waals surface area contributed by atoms with Crippen LogP contribution in [0, 0.1) is 0 Å². The molecule has 0 aliphatic carbocycles. The van der Waals surface area contributed by atoms with Gasteiger partial charge in [-0.25, -0.2) is 0 Å². The average molecular weight is 493 g/mol. The van der Waals surface area contributed by atoms with Gasteiger partial charge in [0.2, 0.25) is 5.91 Å². The van der Waals surface area contributed by atoms with E-state index in [1.165, 1.54) is 5.56 Å². The molecule has 1 aromatic heterocycles. The highest BCUT2D eigenvalue weighted by Gasteiger charge is 2.29. The van der Waals surface area contributed by atoms with E-state index in [0.29, 0.717) is 13.0 Å². The van der Waals surface area contributed by atoms with Crippen LogP contribution >= 0.6 is 0 Å². The average Bonchev–Trinajstić information content (AvgIpc) is 3.36. The summed E-state index contributed by atoms with van der Waals surface area (Å²) in [6.07, 6.45) is 4.85. The lowest BCUT2D eigenvalue weighted by atomic mass is 9.94. The number of fused-ring (bicyclic) bond motifs is 2. The smallest absolute Gasteiger partial charge is 0.231 e. The molecule has 0 bridgehead atoms. The number of nitrogens with zero attached hydrogens (tertiary/aromatic N) is 4. The molecule has 1 amide bonds. The number of ether oxygens (including phenoxy) is 1. The largest absolute Gasteiger partial charge is 0.495 e. The summed E-state index contributed by atoms with van der Waals surface area (Å²) in [5.41, 5.74) is 6.63. The number of pyridine rings is 1. The highest BCUT2D eigenvalue weighted by atomic mass is 16.5. The predicted molar refractivity (Wildman–Crippen MR) is 150 cm³/mol. The summed E-state index contributed by atoms with van der Waals surface area (Å²) in [5.74, 6) is 1.03. The predicted octanol–water partition coefficient (Wildman–Crippen LogP) is 4.79. The number of hydrogen-bond donors (Lipinski definition) is 0. The normalized spacial score (nSPS) is 15.7. The highest BCUT2D eigenvalue weighted by Crippen LogP contribution is 2.40. The van der Waals surface area contributed by atoms with Crippen molar-refractivity contribution in [1.29, 1.82) is 0 Å². The van der Waals surface area contributed by atoms with E-state index in [-0.39, 0.29) is 5.91 Å². The zero-order valence-corrected chi connectivity index (χ0v) is 21.5. The van der Waals surface area contributed by atoms with Crippen molar-refractivity contribution in [2.45, 2.75) is 12.8 Å². The lowest BCUT2D eigenvalue weighted by Crippen LogP contribution is -2.44. The number of anilines is 2. The molecule has 0 atom stereocenters. The molecule has 0 spiro atoms. The quantitative estimate of drug-likeness (QED) is 0.401. The standard InChI is InChI=1S/C31H32N4O2/c1-33-15-17-34(18-16-33)29-21-28-24(19-30(29)37-2)11-14-35(28)31(36)20-23-7-8-26(22-9-12-32-13-10-22)27-6-4-3-5-25(23)27/h3-10,12-13,19,21H,11,14-18,20H2,1-2H3. The van der Waals surface area contributed by atoms with E-state index in [1.54, 1.807) is 7.11 Å². The molecule has 1 fully saturated rings. The van der Waals surface area contributed by atoms with Crippen LogP contribution < -0.4 is 14.5 Å². The first-order valence-electron chi connectivity index (χ1n) is 13.0. The first kappa shape index (κ1) is 23.5. The Labute approximate surface area is 218 Å². The monoisotopic (exact) mass is 492 g/mol. The Morgan fingerprint density at radius 3 is 2.41 bits per heavy atom. The molecule has 1 saturated heterocycles. The fourth-order valence-corrected chi connectivity index (χ4v) is 5.68. The second-order valence-corrected chi connectivity index (χ2v) is 9.97. The van der Waals surface area contributed by atoms with Gasteiger partial charge in [-0.05, 0) is 70.8 Å². The molecular formula is C31H32N4O2. The summed E-state index contributed by atoms with van der Waals surface area (Å²) >= 11 is 0. The van der Waals surface area contributed by atoms with Crippen molar-refractivity contribution in [3.63, 3.8) is 0 Å². The number of likely N-dealkylation sites (N-methyl/N-ethyl adjacent to an activating group) is 1. The van der Waals surface area contributed by atoms with Crippen LogP contribution in [0.15, 0.2) is 73.1 Å². The van der Waals surface area contributed by atoms with Crippen molar-refractivity contribution in [1.82, 2.24) is 9.88 Å². The van der Waals surface area contributed by atoms with Crippen LogP contribution in [0.1, 0.15) is 11.1 Å². The van der Waals surface area contributed by atoms with Gasteiger partial charge in [0, 0.05) is 50.8 Å². The van der Waals surface area contributed by atoms with E-state index >= 15 is 0 Å². The maximum absolute atomic E-state index is 13.7. The zero-order chi connectivity index (χ0) is 25.4. The molecular weight excluding hydrogens is 460 g/mol. The molecule has 3 heterocycles. The fourth-order valence-electron chi connectivity index (χ4n) is 5.68.